The molecule has 0 radical (unpaired) electrons. The van der Waals surface area contributed by atoms with E-state index in [1.165, 1.54) is 0 Å². The third kappa shape index (κ3) is 3.34. The Bertz CT molecular complexity index is 305. The molecule has 1 rings (SSSR count). The molecular weight excluding hydrogens is 198 g/mol. The van der Waals surface area contributed by atoms with Gasteiger partial charge in [-0.1, -0.05) is 6.08 Å². The third-order valence-electron chi connectivity index (χ3n) is 1.74. The number of hydrogen-bond acceptors (Lipinski definition) is 3. The first-order chi connectivity index (χ1) is 6.61. The van der Waals surface area contributed by atoms with Gasteiger partial charge in [-0.2, -0.15) is 0 Å². The highest BCUT2D eigenvalue weighted by atomic mass is 35.5. The van der Waals surface area contributed by atoms with Gasteiger partial charge in [0.15, 0.2) is 0 Å². The van der Waals surface area contributed by atoms with Crippen LogP contribution in [0.1, 0.15) is 19.0 Å². The normalized spacial score (nSPS) is 12.2. The van der Waals surface area contributed by atoms with Crippen molar-refractivity contribution < 1.29 is 0 Å². The topological polar surface area (TPSA) is 37.8 Å². The summed E-state index contributed by atoms with van der Waals surface area (Å²) in [5.74, 6) is 0.761. The van der Waals surface area contributed by atoms with Gasteiger partial charge in [0.25, 0.3) is 0 Å². The predicted molar refractivity (Wildman–Crippen MR) is 59.7 cm³/mol. The number of aryl methyl sites for hydroxylation is 1. The smallest absolute Gasteiger partial charge is 0.224 e. The number of anilines is 1. The fourth-order valence-corrected chi connectivity index (χ4v) is 1.39. The zero-order valence-corrected chi connectivity index (χ0v) is 9.17. The van der Waals surface area contributed by atoms with E-state index in [2.05, 4.69) is 28.8 Å². The van der Waals surface area contributed by atoms with Crippen molar-refractivity contribution in [1.29, 1.82) is 0 Å². The van der Waals surface area contributed by atoms with Crippen LogP contribution in [0.2, 0.25) is 5.28 Å². The fraction of sp³-hybridized carbons (Fsp3) is 0.400. The van der Waals surface area contributed by atoms with E-state index in [0.29, 0.717) is 6.04 Å². The van der Waals surface area contributed by atoms with Gasteiger partial charge < -0.3 is 5.32 Å². The van der Waals surface area contributed by atoms with Crippen molar-refractivity contribution in [2.75, 3.05) is 5.32 Å². The van der Waals surface area contributed by atoms with E-state index in [1.807, 2.05) is 19.1 Å². The monoisotopic (exact) mass is 211 g/mol. The quantitative estimate of drug-likeness (QED) is 0.615. The maximum atomic E-state index is 5.73. The molecule has 14 heavy (non-hydrogen) atoms. The minimum absolute atomic E-state index is 0.276. The van der Waals surface area contributed by atoms with E-state index in [1.54, 1.807) is 0 Å². The summed E-state index contributed by atoms with van der Waals surface area (Å²) in [4.78, 5) is 8.05. The minimum Gasteiger partial charge on any atom is -0.367 e. The number of aromatic nitrogens is 2. The van der Waals surface area contributed by atoms with Crippen molar-refractivity contribution in [2.24, 2.45) is 0 Å². The summed E-state index contributed by atoms with van der Waals surface area (Å²) in [5.41, 5.74) is 0.860. The van der Waals surface area contributed by atoms with Gasteiger partial charge >= 0.3 is 0 Å². The highest BCUT2D eigenvalue weighted by molar-refractivity contribution is 6.28. The molecule has 0 aliphatic heterocycles. The van der Waals surface area contributed by atoms with Crippen LogP contribution in [0.3, 0.4) is 0 Å². The fourth-order valence-electron chi connectivity index (χ4n) is 1.17. The maximum Gasteiger partial charge on any atom is 0.224 e. The lowest BCUT2D eigenvalue weighted by Crippen LogP contribution is -2.15. The molecule has 1 unspecified atom stereocenters. The Morgan fingerprint density at radius 2 is 2.36 bits per heavy atom. The molecule has 0 spiro atoms. The summed E-state index contributed by atoms with van der Waals surface area (Å²) in [7, 11) is 0. The highest BCUT2D eigenvalue weighted by Crippen LogP contribution is 2.11. The second-order valence-corrected chi connectivity index (χ2v) is 3.57. The van der Waals surface area contributed by atoms with Crippen molar-refractivity contribution in [1.82, 2.24) is 9.97 Å². The average Bonchev–Trinajstić information content (AvgIpc) is 2.01. The summed E-state index contributed by atoms with van der Waals surface area (Å²) < 4.78 is 0. The Hall–Kier alpha value is -1.09. The molecule has 1 aromatic heterocycles. The first-order valence-electron chi connectivity index (χ1n) is 4.50. The second-order valence-electron chi connectivity index (χ2n) is 3.23. The summed E-state index contributed by atoms with van der Waals surface area (Å²) >= 11 is 5.73. The number of nitrogens with zero attached hydrogens (tertiary/aromatic N) is 2. The molecule has 1 atom stereocenters. The van der Waals surface area contributed by atoms with E-state index < -0.39 is 0 Å². The van der Waals surface area contributed by atoms with Crippen LogP contribution in [-0.4, -0.2) is 16.0 Å². The molecule has 0 saturated heterocycles. The number of halogens is 1. The molecule has 0 amide bonds. The first-order valence-corrected chi connectivity index (χ1v) is 4.88. The van der Waals surface area contributed by atoms with Crippen LogP contribution >= 0.6 is 11.6 Å². The van der Waals surface area contributed by atoms with Crippen LogP contribution in [0, 0.1) is 6.92 Å². The predicted octanol–water partition coefficient (Wildman–Crippen LogP) is 2.81. The van der Waals surface area contributed by atoms with Gasteiger partial charge in [0.2, 0.25) is 5.28 Å². The molecule has 0 bridgehead atoms. The Balaban J connectivity index is 2.71. The van der Waals surface area contributed by atoms with Gasteiger partial charge in [0, 0.05) is 17.8 Å². The van der Waals surface area contributed by atoms with Crippen molar-refractivity contribution in [2.45, 2.75) is 26.3 Å². The standard InChI is InChI=1S/C10H14ClN3/c1-4-5-7(2)12-9-6-8(3)13-10(11)14-9/h4,6-7H,1,5H2,2-3H3,(H,12,13,14). The van der Waals surface area contributed by atoms with Crippen molar-refractivity contribution in [3.63, 3.8) is 0 Å². The molecule has 1 N–H and O–H groups in total. The molecule has 0 fully saturated rings. The van der Waals surface area contributed by atoms with Crippen LogP contribution in [-0.2, 0) is 0 Å². The number of rotatable bonds is 4. The molecule has 3 nitrogen and oxygen atoms in total. The van der Waals surface area contributed by atoms with E-state index in [4.69, 9.17) is 11.6 Å². The summed E-state index contributed by atoms with van der Waals surface area (Å²) in [6.07, 6.45) is 2.76. The largest absolute Gasteiger partial charge is 0.367 e. The summed E-state index contributed by atoms with van der Waals surface area (Å²) in [6.45, 7) is 7.63. The van der Waals surface area contributed by atoms with E-state index >= 15 is 0 Å². The average molecular weight is 212 g/mol. The highest BCUT2D eigenvalue weighted by Gasteiger charge is 2.03. The summed E-state index contributed by atoms with van der Waals surface area (Å²) in [6, 6.07) is 2.17. The van der Waals surface area contributed by atoms with E-state index in [0.717, 1.165) is 17.9 Å². The van der Waals surface area contributed by atoms with E-state index in [9.17, 15) is 0 Å². The van der Waals surface area contributed by atoms with Gasteiger partial charge in [-0.05, 0) is 31.9 Å². The zero-order chi connectivity index (χ0) is 10.6. The van der Waals surface area contributed by atoms with Gasteiger partial charge in [-0.15, -0.1) is 6.58 Å². The molecule has 0 saturated carbocycles. The van der Waals surface area contributed by atoms with Crippen LogP contribution < -0.4 is 5.32 Å². The zero-order valence-electron chi connectivity index (χ0n) is 8.42. The SMILES string of the molecule is C=CCC(C)Nc1cc(C)nc(Cl)n1. The molecule has 0 aliphatic rings. The third-order valence-corrected chi connectivity index (χ3v) is 1.91. The van der Waals surface area contributed by atoms with Gasteiger partial charge in [0.05, 0.1) is 0 Å². The lowest BCUT2D eigenvalue weighted by Gasteiger charge is -2.12. The molecule has 4 heteroatoms. The number of hydrogen-bond donors (Lipinski definition) is 1. The van der Waals surface area contributed by atoms with Crippen molar-refractivity contribution in [3.8, 4) is 0 Å². The Morgan fingerprint density at radius 1 is 1.64 bits per heavy atom. The molecule has 76 valence electrons. The maximum absolute atomic E-state index is 5.73. The first kappa shape index (κ1) is 11.0. The minimum atomic E-state index is 0.276. The van der Waals surface area contributed by atoms with E-state index in [-0.39, 0.29) is 5.28 Å². The summed E-state index contributed by atoms with van der Waals surface area (Å²) in [5, 5.41) is 3.49. The van der Waals surface area contributed by atoms with Gasteiger partial charge in [-0.25, -0.2) is 9.97 Å². The molecule has 0 aliphatic carbocycles. The Labute approximate surface area is 89.2 Å². The molecule has 1 heterocycles. The van der Waals surface area contributed by atoms with Gasteiger partial charge in [-0.3, -0.25) is 0 Å². The molecular formula is C10H14ClN3. The van der Waals surface area contributed by atoms with Gasteiger partial charge in [0.1, 0.15) is 5.82 Å². The Kier molecular flexibility index (Phi) is 3.89. The van der Waals surface area contributed by atoms with Crippen LogP contribution in [0.5, 0.6) is 0 Å². The lowest BCUT2D eigenvalue weighted by molar-refractivity contribution is 0.805. The number of nitrogens with one attached hydrogen (secondary N) is 1. The van der Waals surface area contributed by atoms with Crippen molar-refractivity contribution >= 4 is 17.4 Å². The van der Waals surface area contributed by atoms with Crippen LogP contribution in [0.25, 0.3) is 0 Å². The second kappa shape index (κ2) is 4.96. The molecule has 0 aromatic carbocycles. The van der Waals surface area contributed by atoms with Crippen LogP contribution in [0.15, 0.2) is 18.7 Å². The van der Waals surface area contributed by atoms with Crippen molar-refractivity contribution in [3.05, 3.63) is 29.7 Å². The molecule has 1 aromatic rings. The lowest BCUT2D eigenvalue weighted by atomic mass is 10.2. The Morgan fingerprint density at radius 3 is 2.93 bits per heavy atom. The van der Waals surface area contributed by atoms with Crippen LogP contribution in [0.4, 0.5) is 5.82 Å².